The molecule has 164 valence electrons. The SMILES string of the molecule is O=C(Nc1ccccc1C(F)(F)F)c1nn(C23CC4CC(CC(C4)C2)C3)cc1[N+](=O)[O-]. The van der Waals surface area contributed by atoms with E-state index in [-0.39, 0.29) is 5.54 Å². The molecular formula is C21H21F3N4O3. The minimum atomic E-state index is -4.67. The lowest BCUT2D eigenvalue weighted by Gasteiger charge is -2.56. The molecule has 1 N–H and O–H groups in total. The lowest BCUT2D eigenvalue weighted by atomic mass is 9.53. The van der Waals surface area contributed by atoms with Gasteiger partial charge in [-0.15, -0.1) is 0 Å². The molecule has 1 amide bonds. The molecule has 10 heteroatoms. The van der Waals surface area contributed by atoms with Gasteiger partial charge in [0.1, 0.15) is 6.20 Å². The maximum atomic E-state index is 13.3. The summed E-state index contributed by atoms with van der Waals surface area (Å²) in [5, 5.41) is 18.1. The van der Waals surface area contributed by atoms with E-state index in [1.54, 1.807) is 4.68 Å². The summed E-state index contributed by atoms with van der Waals surface area (Å²) in [6.45, 7) is 0. The van der Waals surface area contributed by atoms with Gasteiger partial charge < -0.3 is 5.32 Å². The Bertz CT molecular complexity index is 1030. The van der Waals surface area contributed by atoms with Gasteiger partial charge in [0.15, 0.2) is 0 Å². The van der Waals surface area contributed by atoms with E-state index in [1.807, 2.05) is 0 Å². The first kappa shape index (κ1) is 20.0. The molecule has 1 aromatic heterocycles. The zero-order valence-electron chi connectivity index (χ0n) is 16.6. The highest BCUT2D eigenvalue weighted by atomic mass is 19.4. The van der Waals surface area contributed by atoms with Crippen molar-refractivity contribution in [1.29, 1.82) is 0 Å². The second-order valence-corrected chi connectivity index (χ2v) is 9.20. The van der Waals surface area contributed by atoms with E-state index in [2.05, 4.69) is 10.4 Å². The van der Waals surface area contributed by atoms with Gasteiger partial charge >= 0.3 is 11.9 Å². The number of para-hydroxylation sites is 1. The van der Waals surface area contributed by atoms with Crippen molar-refractivity contribution >= 4 is 17.3 Å². The number of hydrogen-bond donors (Lipinski definition) is 1. The van der Waals surface area contributed by atoms with Crippen LogP contribution >= 0.6 is 0 Å². The smallest absolute Gasteiger partial charge is 0.320 e. The number of nitro groups is 1. The van der Waals surface area contributed by atoms with E-state index in [0.29, 0.717) is 17.8 Å². The number of anilines is 1. The number of nitrogens with zero attached hydrogens (tertiary/aromatic N) is 3. The molecule has 6 rings (SSSR count). The van der Waals surface area contributed by atoms with Crippen LogP contribution in [0.25, 0.3) is 0 Å². The second kappa shape index (κ2) is 6.80. The van der Waals surface area contributed by atoms with Gasteiger partial charge in [-0.1, -0.05) is 12.1 Å². The summed E-state index contributed by atoms with van der Waals surface area (Å²) in [6, 6.07) is 4.52. The number of aromatic nitrogens is 2. The van der Waals surface area contributed by atoms with E-state index >= 15 is 0 Å². The van der Waals surface area contributed by atoms with Gasteiger partial charge in [-0.3, -0.25) is 19.6 Å². The Kier molecular flexibility index (Phi) is 4.39. The molecular weight excluding hydrogens is 413 g/mol. The molecule has 1 aromatic carbocycles. The fraction of sp³-hybridized carbons (Fsp3) is 0.524. The van der Waals surface area contributed by atoms with E-state index in [0.717, 1.165) is 31.4 Å². The maximum Gasteiger partial charge on any atom is 0.418 e. The Morgan fingerprint density at radius 3 is 2.26 bits per heavy atom. The van der Waals surface area contributed by atoms with Crippen LogP contribution in [-0.2, 0) is 11.7 Å². The van der Waals surface area contributed by atoms with Crippen molar-refractivity contribution in [2.24, 2.45) is 17.8 Å². The topological polar surface area (TPSA) is 90.1 Å². The third kappa shape index (κ3) is 3.37. The van der Waals surface area contributed by atoms with Crippen LogP contribution in [-0.4, -0.2) is 20.6 Å². The molecule has 0 aliphatic heterocycles. The number of carbonyl (C=O) groups is 1. The molecule has 31 heavy (non-hydrogen) atoms. The minimum absolute atomic E-state index is 0.345. The van der Waals surface area contributed by atoms with E-state index in [9.17, 15) is 28.1 Å². The van der Waals surface area contributed by atoms with Crippen LogP contribution in [0.15, 0.2) is 30.5 Å². The van der Waals surface area contributed by atoms with E-state index in [1.165, 1.54) is 37.6 Å². The normalized spacial score (nSPS) is 29.2. The van der Waals surface area contributed by atoms with Gasteiger partial charge in [0.05, 0.1) is 21.7 Å². The van der Waals surface area contributed by atoms with Crippen molar-refractivity contribution in [2.45, 2.75) is 50.2 Å². The molecule has 4 fully saturated rings. The first-order valence-corrected chi connectivity index (χ1v) is 10.4. The standard InChI is InChI=1S/C21H21F3N4O3/c22-21(23,24)15-3-1-2-4-16(15)25-19(29)18-17(28(30)31)11-27(26-18)20-8-12-5-13(9-20)7-14(6-12)10-20/h1-4,11-14H,5-10H2,(H,25,29). The molecule has 7 nitrogen and oxygen atoms in total. The molecule has 1 heterocycles. The Morgan fingerprint density at radius 2 is 1.71 bits per heavy atom. The first-order valence-electron chi connectivity index (χ1n) is 10.4. The fourth-order valence-electron chi connectivity index (χ4n) is 6.27. The van der Waals surface area contributed by atoms with Crippen molar-refractivity contribution in [3.05, 3.63) is 51.8 Å². The number of halogens is 3. The lowest BCUT2D eigenvalue weighted by molar-refractivity contribution is -0.385. The summed E-state index contributed by atoms with van der Waals surface area (Å²) < 4.78 is 41.3. The van der Waals surface area contributed by atoms with Crippen molar-refractivity contribution in [2.75, 3.05) is 5.32 Å². The molecule has 4 aliphatic rings. The largest absolute Gasteiger partial charge is 0.418 e. The Hall–Kier alpha value is -2.91. The van der Waals surface area contributed by atoms with E-state index < -0.39 is 39.6 Å². The molecule has 0 unspecified atom stereocenters. The van der Waals surface area contributed by atoms with Crippen molar-refractivity contribution < 1.29 is 22.9 Å². The number of carbonyl (C=O) groups excluding carboxylic acids is 1. The summed E-state index contributed by atoms with van der Waals surface area (Å²) in [6.07, 6.45) is 2.74. The second-order valence-electron chi connectivity index (χ2n) is 9.20. The number of rotatable bonds is 4. The summed E-state index contributed by atoms with van der Waals surface area (Å²) in [5.41, 5.74) is -2.78. The van der Waals surface area contributed by atoms with Crippen molar-refractivity contribution in [1.82, 2.24) is 9.78 Å². The molecule has 2 aromatic rings. The van der Waals surface area contributed by atoms with Crippen LogP contribution in [0.4, 0.5) is 24.5 Å². The molecule has 0 spiro atoms. The van der Waals surface area contributed by atoms with Crippen LogP contribution in [0.3, 0.4) is 0 Å². The number of benzene rings is 1. The molecule has 4 aliphatic carbocycles. The third-order valence-corrected chi connectivity index (χ3v) is 7.08. The van der Waals surface area contributed by atoms with Gasteiger partial charge in [-0.25, -0.2) is 0 Å². The van der Waals surface area contributed by atoms with Crippen LogP contribution in [0.1, 0.15) is 54.6 Å². The fourth-order valence-corrected chi connectivity index (χ4v) is 6.27. The highest BCUT2D eigenvalue weighted by Gasteiger charge is 2.53. The third-order valence-electron chi connectivity index (χ3n) is 7.08. The average Bonchev–Trinajstić information content (AvgIpc) is 3.13. The molecule has 4 saturated carbocycles. The summed E-state index contributed by atoms with van der Waals surface area (Å²) in [7, 11) is 0. The van der Waals surface area contributed by atoms with Crippen LogP contribution in [0.5, 0.6) is 0 Å². The molecule has 0 saturated heterocycles. The Morgan fingerprint density at radius 1 is 1.13 bits per heavy atom. The number of alkyl halides is 3. The predicted molar refractivity (Wildman–Crippen MR) is 104 cm³/mol. The quantitative estimate of drug-likeness (QED) is 0.542. The van der Waals surface area contributed by atoms with Gasteiger partial charge in [0, 0.05) is 0 Å². The van der Waals surface area contributed by atoms with Crippen LogP contribution in [0.2, 0.25) is 0 Å². The van der Waals surface area contributed by atoms with Gasteiger partial charge in [0.25, 0.3) is 5.91 Å². The summed E-state index contributed by atoms with van der Waals surface area (Å²) in [5.74, 6) is 0.660. The van der Waals surface area contributed by atoms with Crippen molar-refractivity contribution in [3.8, 4) is 0 Å². The van der Waals surface area contributed by atoms with Gasteiger partial charge in [-0.2, -0.15) is 18.3 Å². The lowest BCUT2D eigenvalue weighted by Crippen LogP contribution is -2.52. The maximum absolute atomic E-state index is 13.3. The Labute approximate surface area is 175 Å². The molecule has 4 bridgehead atoms. The number of nitrogens with one attached hydrogen (secondary N) is 1. The van der Waals surface area contributed by atoms with Crippen LogP contribution in [0, 0.1) is 27.9 Å². The zero-order chi connectivity index (χ0) is 22.0. The highest BCUT2D eigenvalue weighted by Crippen LogP contribution is 2.58. The minimum Gasteiger partial charge on any atom is -0.320 e. The summed E-state index contributed by atoms with van der Waals surface area (Å²) in [4.78, 5) is 23.7. The zero-order valence-corrected chi connectivity index (χ0v) is 16.6. The molecule has 0 radical (unpaired) electrons. The molecule has 0 atom stereocenters. The Balaban J connectivity index is 1.49. The van der Waals surface area contributed by atoms with Gasteiger partial charge in [0.2, 0.25) is 5.69 Å². The number of hydrogen-bond acceptors (Lipinski definition) is 4. The van der Waals surface area contributed by atoms with Crippen LogP contribution < -0.4 is 5.32 Å². The first-order chi connectivity index (χ1) is 14.6. The predicted octanol–water partition coefficient (Wildman–Crippen LogP) is 4.99. The van der Waals surface area contributed by atoms with E-state index in [4.69, 9.17) is 0 Å². The monoisotopic (exact) mass is 434 g/mol. The summed E-state index contributed by atoms with van der Waals surface area (Å²) >= 11 is 0. The highest BCUT2D eigenvalue weighted by molar-refractivity contribution is 6.05. The average molecular weight is 434 g/mol. The number of amides is 1. The van der Waals surface area contributed by atoms with Crippen molar-refractivity contribution in [3.63, 3.8) is 0 Å². The van der Waals surface area contributed by atoms with Gasteiger partial charge in [-0.05, 0) is 68.4 Å².